The van der Waals surface area contributed by atoms with Gasteiger partial charge in [0.15, 0.2) is 11.6 Å². The van der Waals surface area contributed by atoms with E-state index in [9.17, 15) is 71.9 Å². The molecule has 0 spiro atoms. The zero-order valence-electron chi connectivity index (χ0n) is 26.4. The maximum Gasteiger partial charge on any atom is 0.439 e. The van der Waals surface area contributed by atoms with Crippen molar-refractivity contribution < 1.29 is 76.6 Å². The van der Waals surface area contributed by atoms with E-state index < -0.39 is 126 Å². The lowest BCUT2D eigenvalue weighted by molar-refractivity contribution is -0.304. The molecule has 0 heterocycles. The Morgan fingerprint density at radius 2 is 1.00 bits per heavy atom. The monoisotopic (exact) mass is 890 g/mol. The van der Waals surface area contributed by atoms with Crippen molar-refractivity contribution in [1.29, 1.82) is 0 Å². The van der Waals surface area contributed by atoms with Gasteiger partial charge in [0.25, 0.3) is 18.0 Å². The van der Waals surface area contributed by atoms with Crippen molar-refractivity contribution >= 4 is 81.7 Å². The normalized spacial score (nSPS) is 11.8. The number of carbonyl (C=O) groups is 4. The lowest BCUT2D eigenvalue weighted by Crippen LogP contribution is -2.45. The summed E-state index contributed by atoms with van der Waals surface area (Å²) < 4.78 is 161. The van der Waals surface area contributed by atoms with E-state index in [0.717, 1.165) is 36.4 Å². The van der Waals surface area contributed by atoms with Crippen LogP contribution in [0.2, 0.25) is 20.1 Å². The van der Waals surface area contributed by atoms with Gasteiger partial charge in [0.1, 0.15) is 45.2 Å². The summed E-state index contributed by atoms with van der Waals surface area (Å²) in [4.78, 5) is 47.1. The first kappa shape index (κ1) is 45.3. The number of carbonyl (C=O) groups excluding carboxylic acids is 4. The Kier molecular flexibility index (Phi) is 14.7. The minimum Gasteiger partial charge on any atom is -0.428 e. The molecule has 0 aliphatic heterocycles. The number of anilines is 2. The number of rotatable bonds is 7. The summed E-state index contributed by atoms with van der Waals surface area (Å²) in [5, 5.41) is 3.87. The third-order valence-corrected chi connectivity index (χ3v) is 7.50. The van der Waals surface area contributed by atoms with Crippen molar-refractivity contribution in [3.63, 3.8) is 0 Å². The smallest absolute Gasteiger partial charge is 0.428 e. The maximum absolute atomic E-state index is 13.7. The second kappa shape index (κ2) is 18.2. The molecule has 1 atom stereocenters. The van der Waals surface area contributed by atoms with Crippen LogP contribution in [0.5, 0.6) is 5.75 Å². The van der Waals surface area contributed by atoms with E-state index in [0.29, 0.717) is 18.2 Å². The summed E-state index contributed by atoms with van der Waals surface area (Å²) in [6.45, 7) is 0. The summed E-state index contributed by atoms with van der Waals surface area (Å²) in [5.74, 6) is -11.6. The van der Waals surface area contributed by atoms with Crippen molar-refractivity contribution in [1.82, 2.24) is 10.6 Å². The van der Waals surface area contributed by atoms with E-state index in [1.54, 1.807) is 10.6 Å². The van der Waals surface area contributed by atoms with Gasteiger partial charge in [-0.1, -0.05) is 58.5 Å². The molecule has 4 aromatic rings. The Labute approximate surface area is 323 Å². The van der Waals surface area contributed by atoms with E-state index in [2.05, 4.69) is 4.74 Å². The number of imide groups is 2. The van der Waals surface area contributed by atoms with Crippen LogP contribution in [0, 0.1) is 34.9 Å². The first-order chi connectivity index (χ1) is 25.8. The minimum atomic E-state index is -5.94. The summed E-state index contributed by atoms with van der Waals surface area (Å²) in [6, 6.07) is 4.18. The zero-order valence-corrected chi connectivity index (χ0v) is 29.4. The quantitative estimate of drug-likeness (QED) is 0.0835. The fraction of sp³-hybridized carbons (Fsp3) is 0.0968. The number of urea groups is 2. The average molecular weight is 892 g/mol. The summed E-state index contributed by atoms with van der Waals surface area (Å²) in [7, 11) is 0. The molecule has 56 heavy (non-hydrogen) atoms. The van der Waals surface area contributed by atoms with E-state index >= 15 is 0 Å². The molecule has 0 bridgehead atoms. The summed E-state index contributed by atoms with van der Waals surface area (Å²) in [5.41, 5.74) is -3.18. The van der Waals surface area contributed by atoms with Gasteiger partial charge in [-0.2, -0.15) is 22.0 Å². The largest absolute Gasteiger partial charge is 0.439 e. The molecule has 0 fully saturated rings. The molecule has 4 rings (SSSR count). The molecule has 300 valence electrons. The fourth-order valence-electron chi connectivity index (χ4n) is 3.82. The van der Waals surface area contributed by atoms with Gasteiger partial charge in [0.2, 0.25) is 0 Å². The van der Waals surface area contributed by atoms with Gasteiger partial charge >= 0.3 is 24.3 Å². The predicted octanol–water partition coefficient (Wildman–Crippen LogP) is 10.6. The number of amides is 6. The molecule has 0 aliphatic carbocycles. The SMILES string of the molecule is O=C(NC(=O)c1c(F)cccc1F)Nc1cc(Cl)c(F)c(Cl)c1F.O=C(NC(=O)c1c(F)cccc1F)Nc1cc(Cl)c(OC(F)(F)C(F)C(F)(F)F)cc1Cl. The number of hydrogen-bond acceptors (Lipinski definition) is 5. The summed E-state index contributed by atoms with van der Waals surface area (Å²) in [6.07, 6.45) is -16.0. The number of nitrogens with one attached hydrogen (secondary N) is 4. The van der Waals surface area contributed by atoms with Gasteiger partial charge in [0.05, 0.1) is 26.4 Å². The Bertz CT molecular complexity index is 2160. The predicted molar refractivity (Wildman–Crippen MR) is 175 cm³/mol. The number of benzene rings is 4. The van der Waals surface area contributed by atoms with Crippen LogP contribution in [0.4, 0.5) is 73.6 Å². The minimum absolute atomic E-state index is 0.439. The van der Waals surface area contributed by atoms with Crippen LogP contribution in [0.25, 0.3) is 0 Å². The van der Waals surface area contributed by atoms with Crippen LogP contribution in [0.3, 0.4) is 0 Å². The Hall–Kier alpha value is -5.12. The van der Waals surface area contributed by atoms with Gasteiger partial charge in [-0.3, -0.25) is 20.2 Å². The first-order valence-electron chi connectivity index (χ1n) is 14.1. The molecule has 0 saturated carbocycles. The Balaban J connectivity index is 0.000000313. The summed E-state index contributed by atoms with van der Waals surface area (Å²) >= 11 is 22.1. The maximum atomic E-state index is 13.7. The van der Waals surface area contributed by atoms with Gasteiger partial charge < -0.3 is 15.4 Å². The topological polar surface area (TPSA) is 126 Å². The molecular formula is C31H14Cl4F12N4O5. The van der Waals surface area contributed by atoms with E-state index in [4.69, 9.17) is 46.4 Å². The number of hydrogen-bond donors (Lipinski definition) is 4. The molecule has 25 heteroatoms. The highest BCUT2D eigenvalue weighted by atomic mass is 35.5. The van der Waals surface area contributed by atoms with Crippen LogP contribution in [0.1, 0.15) is 20.7 Å². The highest BCUT2D eigenvalue weighted by Crippen LogP contribution is 2.41. The number of ether oxygens (including phenoxy) is 1. The fourth-order valence-corrected chi connectivity index (χ4v) is 4.68. The van der Waals surface area contributed by atoms with Crippen LogP contribution in [0.15, 0.2) is 54.6 Å². The van der Waals surface area contributed by atoms with Crippen molar-refractivity contribution in [2.45, 2.75) is 18.5 Å². The third kappa shape index (κ3) is 11.2. The lowest BCUT2D eigenvalue weighted by Gasteiger charge is -2.24. The Morgan fingerprint density at radius 1 is 0.589 bits per heavy atom. The lowest BCUT2D eigenvalue weighted by atomic mass is 10.2. The van der Waals surface area contributed by atoms with Crippen LogP contribution >= 0.6 is 46.4 Å². The molecule has 0 aromatic heterocycles. The van der Waals surface area contributed by atoms with Crippen molar-refractivity contribution in [3.8, 4) is 5.75 Å². The Morgan fingerprint density at radius 3 is 1.43 bits per heavy atom. The third-order valence-electron chi connectivity index (χ3n) is 6.28. The zero-order chi connectivity index (χ0) is 42.4. The molecule has 4 N–H and O–H groups in total. The highest BCUT2D eigenvalue weighted by molar-refractivity contribution is 6.37. The second-order valence-corrected chi connectivity index (χ2v) is 11.8. The van der Waals surface area contributed by atoms with Crippen molar-refractivity contribution in [2.24, 2.45) is 0 Å². The van der Waals surface area contributed by atoms with E-state index in [1.807, 2.05) is 10.6 Å². The van der Waals surface area contributed by atoms with Crippen LogP contribution in [-0.2, 0) is 0 Å². The first-order valence-corrected chi connectivity index (χ1v) is 15.6. The average Bonchev–Trinajstić information content (AvgIpc) is 3.07. The van der Waals surface area contributed by atoms with E-state index in [1.165, 1.54) is 0 Å². The van der Waals surface area contributed by atoms with Crippen LogP contribution < -0.4 is 26.0 Å². The second-order valence-electron chi connectivity index (χ2n) is 10.2. The van der Waals surface area contributed by atoms with Crippen molar-refractivity contribution in [2.75, 3.05) is 10.6 Å². The van der Waals surface area contributed by atoms with Crippen LogP contribution in [-0.4, -0.2) is 42.3 Å². The molecular weight excluding hydrogens is 878 g/mol. The van der Waals surface area contributed by atoms with Gasteiger partial charge in [-0.25, -0.2) is 40.3 Å². The molecule has 0 aliphatic rings. The van der Waals surface area contributed by atoms with Gasteiger partial charge in [-0.05, 0) is 36.4 Å². The number of halogens is 16. The standard InChI is InChI=1S/C17H8Cl2F8N2O3.C14H6Cl2F4N2O2/c18-6-5-11(32-17(26,27)14(22)16(23,24)25)7(19)4-10(6)28-15(31)29-13(30)12-8(20)2-1-3-9(12)21;15-5-4-8(12(20)10(16)11(5)19)21-14(24)22-13(23)9-6(17)2-1-3-7(9)18/h1-5,14H,(H2,28,29,30,31);1-4H,(H2,21,22,23,24). The molecule has 4 aromatic carbocycles. The van der Waals surface area contributed by atoms with E-state index in [-0.39, 0.29) is 0 Å². The molecule has 9 nitrogen and oxygen atoms in total. The van der Waals surface area contributed by atoms with Gasteiger partial charge in [-0.15, -0.1) is 0 Å². The number of alkyl halides is 6. The van der Waals surface area contributed by atoms with Gasteiger partial charge in [0, 0.05) is 6.07 Å². The molecule has 6 amide bonds. The molecule has 0 radical (unpaired) electrons. The molecule has 0 saturated heterocycles. The highest BCUT2D eigenvalue weighted by Gasteiger charge is 2.59. The van der Waals surface area contributed by atoms with Crippen molar-refractivity contribution in [3.05, 3.63) is 121 Å². The molecule has 1 unspecified atom stereocenters.